The molecule has 0 bridgehead atoms. The fraction of sp³-hybridized carbons (Fsp3) is 0.0909. The van der Waals surface area contributed by atoms with Crippen LogP contribution in [0.1, 0.15) is 32.0 Å². The van der Waals surface area contributed by atoms with E-state index in [9.17, 15) is 32.9 Å². The van der Waals surface area contributed by atoms with Crippen LogP contribution in [0.5, 0.6) is 0 Å². The van der Waals surface area contributed by atoms with Gasteiger partial charge < -0.3 is 9.14 Å². The van der Waals surface area contributed by atoms with Gasteiger partial charge in [0.1, 0.15) is 11.3 Å². The zero-order valence-electron chi connectivity index (χ0n) is 16.6. The fourth-order valence-corrected chi connectivity index (χ4v) is 3.92. The second-order valence-corrected chi connectivity index (χ2v) is 7.39. The Morgan fingerprint density at radius 3 is 2.27 bits per heavy atom. The number of carbonyl (C=O) groups excluding carboxylic acids is 2. The van der Waals surface area contributed by atoms with Crippen LogP contribution in [0.25, 0.3) is 16.3 Å². The number of nitrogens with zero attached hydrogens (tertiary/aromatic N) is 2. The molecule has 0 spiro atoms. The summed E-state index contributed by atoms with van der Waals surface area (Å²) in [6, 6.07) is 10.3. The third-order valence-corrected chi connectivity index (χ3v) is 5.37. The molecule has 11 heteroatoms. The molecule has 0 unspecified atom stereocenters. The zero-order chi connectivity index (χ0) is 24.1. The van der Waals surface area contributed by atoms with Crippen LogP contribution in [0.3, 0.4) is 0 Å². The number of benzene rings is 2. The number of halogens is 4. The molecule has 0 radical (unpaired) electrons. The average Bonchev–Trinajstić information content (AvgIpc) is 3.14. The molecule has 0 fully saturated rings. The highest BCUT2D eigenvalue weighted by atomic mass is 35.5. The number of esters is 1. The summed E-state index contributed by atoms with van der Waals surface area (Å²) in [5.74, 6) is -2.28. The summed E-state index contributed by atoms with van der Waals surface area (Å²) < 4.78 is 47.7. The average molecular weight is 477 g/mol. The van der Waals surface area contributed by atoms with Crippen LogP contribution in [0.4, 0.5) is 18.9 Å². The standard InChI is InChI=1S/C22H12ClF3N2O5/c1-33-21(30)17-16(19(29)11-5-7-12(23)8-6-11)18-14-3-2-4-15(28(31)32)13(14)9-10-27(18)20(17)22(24,25)26/h2-10H,1H3. The molecular formula is C22H12ClF3N2O5. The van der Waals surface area contributed by atoms with Gasteiger partial charge in [-0.1, -0.05) is 23.7 Å². The number of nitro groups is 1. The molecular weight excluding hydrogens is 465 g/mol. The summed E-state index contributed by atoms with van der Waals surface area (Å²) in [4.78, 5) is 36.8. The molecule has 0 aliphatic rings. The minimum Gasteiger partial charge on any atom is -0.465 e. The van der Waals surface area contributed by atoms with Crippen molar-refractivity contribution in [2.24, 2.45) is 0 Å². The molecule has 4 rings (SSSR count). The number of rotatable bonds is 4. The van der Waals surface area contributed by atoms with Crippen LogP contribution < -0.4 is 0 Å². The Hall–Kier alpha value is -3.92. The van der Waals surface area contributed by atoms with Crippen LogP contribution in [-0.2, 0) is 10.9 Å². The summed E-state index contributed by atoms with van der Waals surface area (Å²) in [6.45, 7) is 0. The molecule has 0 amide bonds. The van der Waals surface area contributed by atoms with Crippen LogP contribution in [0.2, 0.25) is 5.02 Å². The predicted molar refractivity (Wildman–Crippen MR) is 113 cm³/mol. The lowest BCUT2D eigenvalue weighted by Crippen LogP contribution is -2.17. The first kappa shape index (κ1) is 22.3. The third-order valence-electron chi connectivity index (χ3n) is 5.12. The van der Waals surface area contributed by atoms with Gasteiger partial charge in [-0.25, -0.2) is 4.79 Å². The molecule has 7 nitrogen and oxygen atoms in total. The van der Waals surface area contributed by atoms with Gasteiger partial charge >= 0.3 is 12.1 Å². The van der Waals surface area contributed by atoms with Gasteiger partial charge in [-0.3, -0.25) is 14.9 Å². The van der Waals surface area contributed by atoms with Crippen LogP contribution >= 0.6 is 11.6 Å². The minimum atomic E-state index is -5.06. The highest BCUT2D eigenvalue weighted by Crippen LogP contribution is 2.41. The molecule has 0 N–H and O–H groups in total. The molecule has 2 aromatic carbocycles. The number of methoxy groups -OCH3 is 1. The Labute approximate surface area is 188 Å². The largest absolute Gasteiger partial charge is 0.465 e. The smallest absolute Gasteiger partial charge is 0.432 e. The van der Waals surface area contributed by atoms with E-state index in [2.05, 4.69) is 4.74 Å². The SMILES string of the molecule is COC(=O)c1c(C(=O)c2ccc(Cl)cc2)c2c3cccc([N+](=O)[O-])c3ccn2c1C(F)(F)F. The van der Waals surface area contributed by atoms with Crippen molar-refractivity contribution in [3.05, 3.63) is 92.2 Å². The summed E-state index contributed by atoms with van der Waals surface area (Å²) in [5.41, 5.74) is -3.69. The number of aromatic nitrogens is 1. The first-order chi connectivity index (χ1) is 15.6. The van der Waals surface area contributed by atoms with Crippen molar-refractivity contribution >= 4 is 45.3 Å². The molecule has 0 aliphatic carbocycles. The van der Waals surface area contributed by atoms with Gasteiger partial charge in [0, 0.05) is 28.2 Å². The molecule has 2 heterocycles. The number of non-ortho nitro benzene ring substituents is 1. The first-order valence-corrected chi connectivity index (χ1v) is 9.64. The lowest BCUT2D eigenvalue weighted by molar-refractivity contribution is -0.383. The maximum atomic E-state index is 14.1. The Morgan fingerprint density at radius 2 is 1.70 bits per heavy atom. The van der Waals surface area contributed by atoms with Gasteiger partial charge in [0.15, 0.2) is 5.78 Å². The molecule has 0 atom stereocenters. The molecule has 4 aromatic rings. The Morgan fingerprint density at radius 1 is 1.03 bits per heavy atom. The summed E-state index contributed by atoms with van der Waals surface area (Å²) in [6.07, 6.45) is -4.11. The van der Waals surface area contributed by atoms with Gasteiger partial charge in [-0.05, 0) is 30.3 Å². The van der Waals surface area contributed by atoms with Crippen molar-refractivity contribution in [3.63, 3.8) is 0 Å². The normalized spacial score (nSPS) is 11.7. The van der Waals surface area contributed by atoms with E-state index in [1.807, 2.05) is 0 Å². The second-order valence-electron chi connectivity index (χ2n) is 6.95. The van der Waals surface area contributed by atoms with E-state index in [0.29, 0.717) is 9.42 Å². The summed E-state index contributed by atoms with van der Waals surface area (Å²) >= 11 is 5.85. The zero-order valence-corrected chi connectivity index (χ0v) is 17.4. The van der Waals surface area contributed by atoms with Gasteiger partial charge in [0.25, 0.3) is 5.69 Å². The number of hydrogen-bond acceptors (Lipinski definition) is 5. The van der Waals surface area contributed by atoms with Gasteiger partial charge in [0.2, 0.25) is 0 Å². The van der Waals surface area contributed by atoms with Crippen molar-refractivity contribution in [2.75, 3.05) is 7.11 Å². The van der Waals surface area contributed by atoms with E-state index < -0.39 is 39.7 Å². The van der Waals surface area contributed by atoms with Crippen molar-refractivity contribution in [1.29, 1.82) is 0 Å². The van der Waals surface area contributed by atoms with Crippen LogP contribution in [-0.4, -0.2) is 28.2 Å². The maximum Gasteiger partial charge on any atom is 0.432 e. The second kappa shape index (κ2) is 7.89. The molecule has 0 aliphatic heterocycles. The summed E-state index contributed by atoms with van der Waals surface area (Å²) in [5, 5.41) is 11.8. The highest BCUT2D eigenvalue weighted by Gasteiger charge is 2.43. The lowest BCUT2D eigenvalue weighted by Gasteiger charge is -2.10. The van der Waals surface area contributed by atoms with Gasteiger partial charge in [-0.15, -0.1) is 0 Å². The maximum absolute atomic E-state index is 14.1. The van der Waals surface area contributed by atoms with Crippen LogP contribution in [0.15, 0.2) is 54.7 Å². The minimum absolute atomic E-state index is 0.00259. The van der Waals surface area contributed by atoms with E-state index in [4.69, 9.17) is 11.6 Å². The fourth-order valence-electron chi connectivity index (χ4n) is 3.79. The summed E-state index contributed by atoms with van der Waals surface area (Å²) in [7, 11) is 0.893. The number of nitro benzene ring substituents is 1. The number of ether oxygens (including phenoxy) is 1. The molecule has 0 saturated carbocycles. The Bertz CT molecular complexity index is 1460. The first-order valence-electron chi connectivity index (χ1n) is 9.26. The lowest BCUT2D eigenvalue weighted by atomic mass is 9.97. The van der Waals surface area contributed by atoms with Crippen LogP contribution in [0, 0.1) is 10.1 Å². The molecule has 2 aromatic heterocycles. The van der Waals surface area contributed by atoms with E-state index in [0.717, 1.165) is 19.4 Å². The van der Waals surface area contributed by atoms with Gasteiger partial charge in [0.05, 0.1) is 28.5 Å². The Balaban J connectivity index is 2.24. The van der Waals surface area contributed by atoms with Gasteiger partial charge in [-0.2, -0.15) is 13.2 Å². The quantitative estimate of drug-likeness (QED) is 0.163. The number of carbonyl (C=O) groups is 2. The van der Waals surface area contributed by atoms with E-state index in [1.54, 1.807) is 0 Å². The highest BCUT2D eigenvalue weighted by molar-refractivity contribution is 6.31. The predicted octanol–water partition coefficient (Wildman–Crippen LogP) is 5.69. The van der Waals surface area contributed by atoms with Crippen molar-refractivity contribution in [2.45, 2.75) is 6.18 Å². The monoisotopic (exact) mass is 476 g/mol. The molecule has 33 heavy (non-hydrogen) atoms. The number of alkyl halides is 3. The number of pyridine rings is 1. The van der Waals surface area contributed by atoms with E-state index in [1.165, 1.54) is 42.5 Å². The number of hydrogen-bond donors (Lipinski definition) is 0. The van der Waals surface area contributed by atoms with E-state index >= 15 is 0 Å². The third kappa shape index (κ3) is 3.58. The topological polar surface area (TPSA) is 90.9 Å². The van der Waals surface area contributed by atoms with Crippen molar-refractivity contribution in [3.8, 4) is 0 Å². The molecule has 0 saturated heterocycles. The van der Waals surface area contributed by atoms with Crippen molar-refractivity contribution < 1.29 is 32.4 Å². The van der Waals surface area contributed by atoms with E-state index in [-0.39, 0.29) is 27.5 Å². The molecule has 168 valence electrons. The number of ketones is 1. The Kier molecular flexibility index (Phi) is 5.33. The number of fused-ring (bicyclic) bond motifs is 3. The van der Waals surface area contributed by atoms with Crippen molar-refractivity contribution in [1.82, 2.24) is 4.40 Å².